The lowest BCUT2D eigenvalue weighted by Crippen LogP contribution is -2.37. The van der Waals surface area contributed by atoms with Crippen molar-refractivity contribution in [3.05, 3.63) is 70.3 Å². The van der Waals surface area contributed by atoms with Crippen molar-refractivity contribution >= 4 is 49.4 Å². The molecule has 0 aromatic carbocycles. The van der Waals surface area contributed by atoms with Crippen LogP contribution in [-0.2, 0) is 16.4 Å². The summed E-state index contributed by atoms with van der Waals surface area (Å²) >= 11 is 1.19. The van der Waals surface area contributed by atoms with Gasteiger partial charge in [-0.3, -0.25) is 9.20 Å². The van der Waals surface area contributed by atoms with Gasteiger partial charge in [-0.15, -0.1) is 0 Å². The van der Waals surface area contributed by atoms with Crippen molar-refractivity contribution in [2.24, 2.45) is 5.73 Å². The second-order valence-corrected chi connectivity index (χ2v) is 12.7. The Morgan fingerprint density at radius 3 is 2.62 bits per heavy atom. The molecule has 1 amide bonds. The first kappa shape index (κ1) is 27.2. The van der Waals surface area contributed by atoms with Gasteiger partial charge in [-0.1, -0.05) is 36.5 Å². The molecule has 0 spiro atoms. The third-order valence-electron chi connectivity index (χ3n) is 7.21. The summed E-state index contributed by atoms with van der Waals surface area (Å²) in [5, 5.41) is 0.564. The third kappa shape index (κ3) is 5.41. The number of nitrogens with zero attached hydrogens (tertiary/aromatic N) is 5. The normalized spacial score (nSPS) is 17.2. The highest BCUT2D eigenvalue weighted by Crippen LogP contribution is 2.37. The number of amides is 1. The van der Waals surface area contributed by atoms with E-state index in [4.69, 9.17) is 15.7 Å². The molecule has 0 unspecified atom stereocenters. The number of aromatic nitrogens is 3. The number of halogens is 1. The minimum atomic E-state index is -3.19. The van der Waals surface area contributed by atoms with E-state index in [-0.39, 0.29) is 11.7 Å². The Morgan fingerprint density at radius 1 is 1.21 bits per heavy atom. The molecule has 2 aliphatic rings. The lowest BCUT2D eigenvalue weighted by atomic mass is 9.91. The van der Waals surface area contributed by atoms with Crippen LogP contribution in [0.5, 0.6) is 0 Å². The minimum Gasteiger partial charge on any atom is -0.365 e. The first-order valence-electron chi connectivity index (χ1n) is 12.8. The number of allylic oxidation sites excluding steroid dienone is 6. The van der Waals surface area contributed by atoms with Crippen LogP contribution in [0.1, 0.15) is 58.7 Å². The second kappa shape index (κ2) is 10.7. The van der Waals surface area contributed by atoms with E-state index in [1.807, 2.05) is 35.4 Å². The van der Waals surface area contributed by atoms with E-state index in [2.05, 4.69) is 12.3 Å². The van der Waals surface area contributed by atoms with Crippen LogP contribution in [0.3, 0.4) is 0 Å². The SMILES string of the molecule is CCc1nc2ccc(C3CCN(S(C)(=O)=O)CC3)cn2c1N(C)c1nc(C2=CCC=C(F)C=C2)c(C(N)=O)s1. The van der Waals surface area contributed by atoms with Crippen LogP contribution in [0.4, 0.5) is 15.3 Å². The maximum atomic E-state index is 13.8. The Balaban J connectivity index is 1.52. The molecule has 1 aliphatic carbocycles. The lowest BCUT2D eigenvalue weighted by molar-refractivity contribution is 0.100. The molecule has 12 heteroatoms. The van der Waals surface area contributed by atoms with E-state index in [1.165, 1.54) is 34.0 Å². The van der Waals surface area contributed by atoms with Crippen molar-refractivity contribution in [2.75, 3.05) is 31.3 Å². The molecule has 3 aromatic rings. The summed E-state index contributed by atoms with van der Waals surface area (Å²) in [4.78, 5) is 24.2. The average molecular weight is 571 g/mol. The van der Waals surface area contributed by atoms with Gasteiger partial charge in [-0.25, -0.2) is 27.1 Å². The summed E-state index contributed by atoms with van der Waals surface area (Å²) in [6.07, 6.45) is 12.1. The highest BCUT2D eigenvalue weighted by atomic mass is 32.2. The van der Waals surface area contributed by atoms with Crippen LogP contribution >= 0.6 is 11.3 Å². The molecule has 1 aliphatic heterocycles. The number of primary amides is 1. The van der Waals surface area contributed by atoms with Crippen molar-refractivity contribution in [3.8, 4) is 0 Å². The molecule has 0 radical (unpaired) electrons. The van der Waals surface area contributed by atoms with E-state index in [9.17, 15) is 17.6 Å². The van der Waals surface area contributed by atoms with E-state index in [0.717, 1.165) is 35.6 Å². The van der Waals surface area contributed by atoms with E-state index in [0.29, 0.717) is 47.2 Å². The molecule has 3 aromatic heterocycles. The van der Waals surface area contributed by atoms with Crippen LogP contribution in [0.25, 0.3) is 11.2 Å². The highest BCUT2D eigenvalue weighted by Gasteiger charge is 2.28. The van der Waals surface area contributed by atoms with Gasteiger partial charge >= 0.3 is 0 Å². The molecule has 1 fully saturated rings. The minimum absolute atomic E-state index is 0.230. The largest absolute Gasteiger partial charge is 0.365 e. The number of hydrogen-bond donors (Lipinski definition) is 1. The number of nitrogens with two attached hydrogens (primary N) is 1. The number of aryl methyl sites for hydroxylation is 1. The average Bonchev–Trinajstić information content (AvgIpc) is 3.45. The summed E-state index contributed by atoms with van der Waals surface area (Å²) in [7, 11) is -1.31. The second-order valence-electron chi connectivity index (χ2n) is 9.78. The van der Waals surface area contributed by atoms with Gasteiger partial charge in [-0.05, 0) is 61.0 Å². The topological polar surface area (TPSA) is 114 Å². The van der Waals surface area contributed by atoms with Crippen molar-refractivity contribution < 1.29 is 17.6 Å². The van der Waals surface area contributed by atoms with Gasteiger partial charge < -0.3 is 10.6 Å². The predicted octanol–water partition coefficient (Wildman–Crippen LogP) is 4.56. The monoisotopic (exact) mass is 570 g/mol. The molecule has 2 N–H and O–H groups in total. The number of rotatable bonds is 7. The van der Waals surface area contributed by atoms with Gasteiger partial charge in [0.1, 0.15) is 22.2 Å². The molecule has 0 atom stereocenters. The number of hydrogen-bond acceptors (Lipinski definition) is 7. The maximum Gasteiger partial charge on any atom is 0.261 e. The third-order valence-corrected chi connectivity index (χ3v) is 9.65. The number of carbonyl (C=O) groups excluding carboxylic acids is 1. The molecule has 5 rings (SSSR count). The zero-order chi connectivity index (χ0) is 27.9. The molecule has 1 saturated heterocycles. The molecular formula is C27H31FN6O3S2. The molecule has 9 nitrogen and oxygen atoms in total. The number of piperidine rings is 1. The Labute approximate surface area is 231 Å². The zero-order valence-electron chi connectivity index (χ0n) is 22.1. The maximum absolute atomic E-state index is 13.8. The van der Waals surface area contributed by atoms with Crippen molar-refractivity contribution in [1.82, 2.24) is 18.7 Å². The summed E-state index contributed by atoms with van der Waals surface area (Å²) in [5.41, 5.74) is 9.57. The fraction of sp³-hybridized carbons (Fsp3) is 0.370. The highest BCUT2D eigenvalue weighted by molar-refractivity contribution is 7.88. The van der Waals surface area contributed by atoms with Gasteiger partial charge in [0.25, 0.3) is 5.91 Å². The standard InChI is InChI=1S/C27H31FN6O3S2/c1-4-21-26(32(2)27-31-23(24(38-27)25(29)35)18-6-5-7-20(28)10-8-18)34-16-19(9-11-22(34)30-21)17-12-14-33(15-13-17)39(3,36)37/h6-11,16-17H,4-5,12-15H2,1-3H3,(H2,29,35). The molecule has 0 saturated carbocycles. The summed E-state index contributed by atoms with van der Waals surface area (Å²) < 4.78 is 41.2. The first-order valence-corrected chi connectivity index (χ1v) is 15.5. The van der Waals surface area contributed by atoms with Crippen LogP contribution in [0.15, 0.2) is 48.5 Å². The lowest BCUT2D eigenvalue weighted by Gasteiger charge is -2.30. The van der Waals surface area contributed by atoms with Crippen LogP contribution in [-0.4, -0.2) is 59.4 Å². The van der Waals surface area contributed by atoms with Gasteiger partial charge in [0, 0.05) is 26.3 Å². The number of pyridine rings is 1. The van der Waals surface area contributed by atoms with Crippen LogP contribution < -0.4 is 10.6 Å². The number of imidazole rings is 1. The molecule has 206 valence electrons. The number of sulfonamides is 1. The van der Waals surface area contributed by atoms with Gasteiger partial charge in [0.05, 0.1) is 17.6 Å². The molecule has 0 bridgehead atoms. The van der Waals surface area contributed by atoms with Gasteiger partial charge in [-0.2, -0.15) is 0 Å². The van der Waals surface area contributed by atoms with E-state index in [1.54, 1.807) is 6.08 Å². The Morgan fingerprint density at radius 2 is 1.95 bits per heavy atom. The quantitative estimate of drug-likeness (QED) is 0.446. The molecular weight excluding hydrogens is 539 g/mol. The fourth-order valence-electron chi connectivity index (χ4n) is 5.14. The number of carbonyl (C=O) groups is 1. The summed E-state index contributed by atoms with van der Waals surface area (Å²) in [5.74, 6) is 0.127. The van der Waals surface area contributed by atoms with Crippen LogP contribution in [0.2, 0.25) is 0 Å². The van der Waals surface area contributed by atoms with E-state index < -0.39 is 15.9 Å². The van der Waals surface area contributed by atoms with Crippen LogP contribution in [0, 0.1) is 0 Å². The number of fused-ring (bicyclic) bond motifs is 1. The van der Waals surface area contributed by atoms with E-state index >= 15 is 0 Å². The fourth-order valence-corrected chi connectivity index (χ4v) is 6.91. The Kier molecular flexibility index (Phi) is 7.45. The molecule has 4 heterocycles. The first-order chi connectivity index (χ1) is 18.6. The van der Waals surface area contributed by atoms with Crippen molar-refractivity contribution in [3.63, 3.8) is 0 Å². The Hall–Kier alpha value is -3.35. The number of anilines is 2. The number of thiazole rings is 1. The summed E-state index contributed by atoms with van der Waals surface area (Å²) in [6.45, 7) is 3.03. The van der Waals surface area contributed by atoms with Crippen molar-refractivity contribution in [2.45, 2.75) is 38.5 Å². The van der Waals surface area contributed by atoms with Gasteiger partial charge in [0.2, 0.25) is 10.0 Å². The van der Waals surface area contributed by atoms with Gasteiger partial charge in [0.15, 0.2) is 5.13 Å². The Bertz CT molecular complexity index is 1630. The summed E-state index contributed by atoms with van der Waals surface area (Å²) in [6, 6.07) is 4.05. The zero-order valence-corrected chi connectivity index (χ0v) is 23.7. The smallest absolute Gasteiger partial charge is 0.261 e. The predicted molar refractivity (Wildman–Crippen MR) is 153 cm³/mol. The molecule has 39 heavy (non-hydrogen) atoms. The van der Waals surface area contributed by atoms with Crippen molar-refractivity contribution in [1.29, 1.82) is 0 Å².